The van der Waals surface area contributed by atoms with Crippen LogP contribution in [-0.2, 0) is 30.9 Å². The minimum Gasteiger partial charge on any atom is -0.484 e. The van der Waals surface area contributed by atoms with Crippen molar-refractivity contribution in [1.82, 2.24) is 14.5 Å². The standard InChI is InChI=1S/C25H30FN3O6S/c1-3-12-27-25(31)19(2)29(17-20-4-6-21(26)7-5-20)24(30)18-35-22-8-10-23(11-9-22)36(32,33)28-13-15-34-16-14-28/h3-11,19H,1,12-18H2,2H3,(H,27,31)/t19-/m0/s1. The molecule has 1 fully saturated rings. The molecule has 1 aliphatic rings. The maximum atomic E-state index is 13.3. The van der Waals surface area contributed by atoms with Gasteiger partial charge in [-0.15, -0.1) is 6.58 Å². The molecule has 0 unspecified atom stereocenters. The number of rotatable bonds is 11. The number of morpholine rings is 1. The Morgan fingerprint density at radius 3 is 2.42 bits per heavy atom. The SMILES string of the molecule is C=CCNC(=O)[C@H](C)N(Cc1ccc(F)cc1)C(=O)COc1ccc(S(=O)(=O)N2CCOCC2)cc1. The van der Waals surface area contributed by atoms with Crippen molar-refractivity contribution in [3.8, 4) is 5.75 Å². The Bertz CT molecular complexity index is 1150. The zero-order valence-corrected chi connectivity index (χ0v) is 20.9. The third-order valence-electron chi connectivity index (χ3n) is 5.65. The average Bonchev–Trinajstić information content (AvgIpc) is 2.90. The van der Waals surface area contributed by atoms with Gasteiger partial charge in [-0.1, -0.05) is 18.2 Å². The number of nitrogens with one attached hydrogen (secondary N) is 1. The van der Waals surface area contributed by atoms with E-state index in [1.54, 1.807) is 19.1 Å². The summed E-state index contributed by atoms with van der Waals surface area (Å²) in [5.41, 5.74) is 0.644. The molecule has 11 heteroatoms. The summed E-state index contributed by atoms with van der Waals surface area (Å²) >= 11 is 0. The molecule has 2 aromatic carbocycles. The third kappa shape index (κ3) is 7.12. The molecule has 0 saturated carbocycles. The second-order valence-corrected chi connectivity index (χ2v) is 10.1. The number of amides is 2. The molecule has 1 aliphatic heterocycles. The Morgan fingerprint density at radius 2 is 1.81 bits per heavy atom. The molecule has 9 nitrogen and oxygen atoms in total. The molecule has 0 spiro atoms. The number of benzene rings is 2. The fourth-order valence-electron chi connectivity index (χ4n) is 3.56. The molecule has 0 aromatic heterocycles. The van der Waals surface area contributed by atoms with Crippen molar-refractivity contribution in [3.63, 3.8) is 0 Å². The van der Waals surface area contributed by atoms with Crippen molar-refractivity contribution in [1.29, 1.82) is 0 Å². The first-order valence-corrected chi connectivity index (χ1v) is 12.9. The molecule has 1 atom stereocenters. The van der Waals surface area contributed by atoms with Gasteiger partial charge >= 0.3 is 0 Å². The monoisotopic (exact) mass is 519 g/mol. The number of nitrogens with zero attached hydrogens (tertiary/aromatic N) is 2. The van der Waals surface area contributed by atoms with Crippen LogP contribution < -0.4 is 10.1 Å². The number of hydrogen-bond acceptors (Lipinski definition) is 6. The van der Waals surface area contributed by atoms with Gasteiger partial charge in [-0.3, -0.25) is 9.59 Å². The molecule has 3 rings (SSSR count). The quantitative estimate of drug-likeness (QED) is 0.455. The molecule has 2 aromatic rings. The topological polar surface area (TPSA) is 105 Å². The summed E-state index contributed by atoms with van der Waals surface area (Å²) in [6.07, 6.45) is 1.53. The predicted molar refractivity (Wildman–Crippen MR) is 131 cm³/mol. The second-order valence-electron chi connectivity index (χ2n) is 8.13. The zero-order chi connectivity index (χ0) is 26.1. The van der Waals surface area contributed by atoms with Gasteiger partial charge in [0, 0.05) is 26.2 Å². The van der Waals surface area contributed by atoms with Crippen LogP contribution in [0.1, 0.15) is 12.5 Å². The molecular formula is C25H30FN3O6S. The number of carbonyl (C=O) groups is 2. The average molecular weight is 520 g/mol. The van der Waals surface area contributed by atoms with Crippen molar-refractivity contribution < 1.29 is 31.9 Å². The maximum Gasteiger partial charge on any atom is 0.261 e. The van der Waals surface area contributed by atoms with Gasteiger partial charge in [0.15, 0.2) is 6.61 Å². The fourth-order valence-corrected chi connectivity index (χ4v) is 4.97. The molecule has 1 saturated heterocycles. The minimum atomic E-state index is -3.65. The van der Waals surface area contributed by atoms with E-state index in [0.717, 1.165) is 0 Å². The van der Waals surface area contributed by atoms with Crippen LogP contribution in [0.15, 0.2) is 66.1 Å². The van der Waals surface area contributed by atoms with Crippen LogP contribution >= 0.6 is 0 Å². The lowest BCUT2D eigenvalue weighted by Crippen LogP contribution is -2.49. The van der Waals surface area contributed by atoms with Crippen LogP contribution in [0, 0.1) is 5.82 Å². The van der Waals surface area contributed by atoms with Gasteiger partial charge in [0.2, 0.25) is 15.9 Å². The highest BCUT2D eigenvalue weighted by atomic mass is 32.2. The molecule has 0 aliphatic carbocycles. The van der Waals surface area contributed by atoms with E-state index < -0.39 is 27.8 Å². The summed E-state index contributed by atoms with van der Waals surface area (Å²) < 4.78 is 51.0. The molecule has 2 amide bonds. The van der Waals surface area contributed by atoms with Crippen molar-refractivity contribution in [2.75, 3.05) is 39.5 Å². The normalized spacial score (nSPS) is 15.1. The van der Waals surface area contributed by atoms with Crippen LogP contribution in [0.25, 0.3) is 0 Å². The zero-order valence-electron chi connectivity index (χ0n) is 20.1. The maximum absolute atomic E-state index is 13.3. The van der Waals surface area contributed by atoms with Gasteiger partial charge in [-0.05, 0) is 48.9 Å². The van der Waals surface area contributed by atoms with E-state index in [-0.39, 0.29) is 43.6 Å². The van der Waals surface area contributed by atoms with E-state index in [9.17, 15) is 22.4 Å². The molecule has 194 valence electrons. The van der Waals surface area contributed by atoms with E-state index in [4.69, 9.17) is 9.47 Å². The number of ether oxygens (including phenoxy) is 2. The van der Waals surface area contributed by atoms with Gasteiger partial charge in [-0.2, -0.15) is 4.31 Å². The first-order valence-electron chi connectivity index (χ1n) is 11.5. The number of hydrogen-bond donors (Lipinski definition) is 1. The lowest BCUT2D eigenvalue weighted by atomic mass is 10.1. The number of carbonyl (C=O) groups excluding carboxylic acids is 2. The Kier molecular flexibility index (Phi) is 9.57. The van der Waals surface area contributed by atoms with E-state index in [0.29, 0.717) is 24.5 Å². The summed E-state index contributed by atoms with van der Waals surface area (Å²) in [4.78, 5) is 27.0. The van der Waals surface area contributed by atoms with Gasteiger partial charge in [-0.25, -0.2) is 12.8 Å². The van der Waals surface area contributed by atoms with Crippen molar-refractivity contribution in [2.24, 2.45) is 0 Å². The first-order chi connectivity index (χ1) is 17.2. The number of halogens is 1. The Labute approximate surface area is 210 Å². The van der Waals surface area contributed by atoms with Crippen LogP contribution in [0.5, 0.6) is 5.75 Å². The van der Waals surface area contributed by atoms with Crippen molar-refractivity contribution >= 4 is 21.8 Å². The lowest BCUT2D eigenvalue weighted by Gasteiger charge is -2.28. The Morgan fingerprint density at radius 1 is 1.17 bits per heavy atom. The van der Waals surface area contributed by atoms with Gasteiger partial charge in [0.25, 0.3) is 5.91 Å². The fraction of sp³-hybridized carbons (Fsp3) is 0.360. The Hall–Kier alpha value is -3.28. The Balaban J connectivity index is 1.68. The van der Waals surface area contributed by atoms with Crippen LogP contribution in [-0.4, -0.2) is 74.9 Å². The number of sulfonamides is 1. The summed E-state index contributed by atoms with van der Waals surface area (Å²) in [5, 5.41) is 2.66. The van der Waals surface area contributed by atoms with Crippen molar-refractivity contribution in [2.45, 2.75) is 24.4 Å². The summed E-state index contributed by atoms with van der Waals surface area (Å²) in [6, 6.07) is 10.6. The largest absolute Gasteiger partial charge is 0.484 e. The second kappa shape index (κ2) is 12.6. The molecule has 0 bridgehead atoms. The molecule has 1 N–H and O–H groups in total. The van der Waals surface area contributed by atoms with E-state index >= 15 is 0 Å². The first kappa shape index (κ1) is 27.3. The predicted octanol–water partition coefficient (Wildman–Crippen LogP) is 1.94. The summed E-state index contributed by atoms with van der Waals surface area (Å²) in [6.45, 7) is 6.37. The van der Waals surface area contributed by atoms with Gasteiger partial charge in [0.1, 0.15) is 17.6 Å². The molecule has 0 radical (unpaired) electrons. The summed E-state index contributed by atoms with van der Waals surface area (Å²) in [7, 11) is -3.65. The molecular weight excluding hydrogens is 489 g/mol. The van der Waals surface area contributed by atoms with Crippen LogP contribution in [0.4, 0.5) is 4.39 Å². The molecule has 1 heterocycles. The molecule has 36 heavy (non-hydrogen) atoms. The summed E-state index contributed by atoms with van der Waals surface area (Å²) in [5.74, 6) is -0.945. The third-order valence-corrected chi connectivity index (χ3v) is 7.56. The lowest BCUT2D eigenvalue weighted by molar-refractivity contribution is -0.142. The van der Waals surface area contributed by atoms with E-state index in [2.05, 4.69) is 11.9 Å². The van der Waals surface area contributed by atoms with Crippen LogP contribution in [0.2, 0.25) is 0 Å². The van der Waals surface area contributed by atoms with E-state index in [1.165, 1.54) is 51.7 Å². The smallest absolute Gasteiger partial charge is 0.261 e. The van der Waals surface area contributed by atoms with Gasteiger partial charge < -0.3 is 19.7 Å². The highest BCUT2D eigenvalue weighted by Crippen LogP contribution is 2.21. The van der Waals surface area contributed by atoms with E-state index in [1.807, 2.05) is 0 Å². The highest BCUT2D eigenvalue weighted by molar-refractivity contribution is 7.89. The highest BCUT2D eigenvalue weighted by Gasteiger charge is 2.28. The van der Waals surface area contributed by atoms with Gasteiger partial charge in [0.05, 0.1) is 18.1 Å². The minimum absolute atomic E-state index is 0.0713. The van der Waals surface area contributed by atoms with Crippen molar-refractivity contribution in [3.05, 3.63) is 72.6 Å². The van der Waals surface area contributed by atoms with Crippen LogP contribution in [0.3, 0.4) is 0 Å².